The molecule has 0 aliphatic carbocycles. The topological polar surface area (TPSA) is 164 Å². The van der Waals surface area contributed by atoms with Crippen molar-refractivity contribution < 1.29 is 37.0 Å². The molecule has 3 aliphatic rings. The molecule has 0 radical (unpaired) electrons. The van der Waals surface area contributed by atoms with Crippen LogP contribution in [0.1, 0.15) is 17.5 Å². The molecule has 0 bridgehead atoms. The molecule has 0 unspecified atom stereocenters. The Balaban J connectivity index is 1.84. The summed E-state index contributed by atoms with van der Waals surface area (Å²) in [5, 5.41) is 12.4. The Labute approximate surface area is 223 Å². The van der Waals surface area contributed by atoms with Crippen LogP contribution in [0.5, 0.6) is 0 Å². The van der Waals surface area contributed by atoms with Crippen LogP contribution in [0.2, 0.25) is 0 Å². The first-order chi connectivity index (χ1) is 18.6. The van der Waals surface area contributed by atoms with E-state index in [4.69, 9.17) is 19.5 Å². The van der Waals surface area contributed by atoms with Gasteiger partial charge in [0.1, 0.15) is 11.9 Å². The summed E-state index contributed by atoms with van der Waals surface area (Å²) in [5.74, 6) is -2.88. The maximum atomic E-state index is 14.1. The van der Waals surface area contributed by atoms with Gasteiger partial charge in [0.05, 0.1) is 54.9 Å². The van der Waals surface area contributed by atoms with E-state index in [0.29, 0.717) is 11.3 Å². The molecule has 0 amide bonds. The predicted octanol–water partition coefficient (Wildman–Crippen LogP) is 1.24. The minimum atomic E-state index is -4.51. The first kappa shape index (κ1) is 25.9. The van der Waals surface area contributed by atoms with Crippen LogP contribution < -0.4 is 5.32 Å². The number of aliphatic imine (C=N–C) groups is 1. The van der Waals surface area contributed by atoms with Crippen LogP contribution in [0.4, 0.5) is 5.69 Å². The fourth-order valence-corrected chi connectivity index (χ4v) is 7.13. The van der Waals surface area contributed by atoms with Crippen molar-refractivity contribution in [1.29, 1.82) is 5.26 Å². The number of nitrogens with zero attached hydrogens (tertiary/aromatic N) is 3. The maximum absolute atomic E-state index is 14.1. The molecule has 1 spiro atoms. The van der Waals surface area contributed by atoms with Gasteiger partial charge in [-0.25, -0.2) is 32.1 Å². The van der Waals surface area contributed by atoms with Crippen molar-refractivity contribution in [2.45, 2.75) is 28.8 Å². The number of anilines is 1. The Bertz CT molecular complexity index is 1620. The van der Waals surface area contributed by atoms with Gasteiger partial charge < -0.3 is 19.5 Å². The van der Waals surface area contributed by atoms with Crippen LogP contribution >= 0.6 is 0 Å². The number of ether oxygens (including phenoxy) is 3. The van der Waals surface area contributed by atoms with Gasteiger partial charge in [-0.05, 0) is 42.3 Å². The molecule has 13 heteroatoms. The number of hydrogen-bond donors (Lipinski definition) is 1. The Morgan fingerprint density at radius 3 is 2.31 bits per heavy atom. The van der Waals surface area contributed by atoms with Gasteiger partial charge in [-0.3, -0.25) is 0 Å². The highest BCUT2D eigenvalue weighted by Gasteiger charge is 2.67. The Kier molecular flexibility index (Phi) is 6.15. The zero-order valence-electron chi connectivity index (χ0n) is 21.0. The lowest BCUT2D eigenvalue weighted by Crippen LogP contribution is -2.52. The Morgan fingerprint density at radius 2 is 1.69 bits per heavy atom. The summed E-state index contributed by atoms with van der Waals surface area (Å²) in [5.41, 5.74) is -0.624. The zero-order chi connectivity index (χ0) is 28.1. The van der Waals surface area contributed by atoms with E-state index in [1.54, 1.807) is 24.3 Å². The largest absolute Gasteiger partial charge is 0.467 e. The van der Waals surface area contributed by atoms with Gasteiger partial charge in [-0.2, -0.15) is 5.26 Å². The third kappa shape index (κ3) is 3.59. The fourth-order valence-electron chi connectivity index (χ4n) is 5.49. The summed E-state index contributed by atoms with van der Waals surface area (Å²) in [7, 11) is -1.14. The molecular weight excluding hydrogens is 528 g/mol. The van der Waals surface area contributed by atoms with Gasteiger partial charge in [0.25, 0.3) is 10.0 Å². The van der Waals surface area contributed by atoms with Crippen molar-refractivity contribution in [2.75, 3.05) is 26.6 Å². The van der Waals surface area contributed by atoms with E-state index in [2.05, 4.69) is 10.3 Å². The number of hydrogen-bond acceptors (Lipinski definition) is 11. The maximum Gasteiger partial charge on any atom is 0.357 e. The summed E-state index contributed by atoms with van der Waals surface area (Å²) in [6, 6.07) is 11.6. The molecule has 0 saturated carbocycles. The smallest absolute Gasteiger partial charge is 0.357 e. The minimum Gasteiger partial charge on any atom is -0.467 e. The van der Waals surface area contributed by atoms with Gasteiger partial charge in [-0.15, -0.1) is 0 Å². The summed E-state index contributed by atoms with van der Waals surface area (Å²) >= 11 is 0. The number of benzene rings is 2. The van der Waals surface area contributed by atoms with Gasteiger partial charge in [0.15, 0.2) is 5.70 Å². The highest BCUT2D eigenvalue weighted by molar-refractivity contribution is 7.89. The zero-order valence-corrected chi connectivity index (χ0v) is 21.8. The summed E-state index contributed by atoms with van der Waals surface area (Å²) in [6.45, 7) is 0. The van der Waals surface area contributed by atoms with Crippen LogP contribution in [-0.2, 0) is 44.0 Å². The van der Waals surface area contributed by atoms with Crippen LogP contribution in [-0.4, -0.2) is 69.9 Å². The predicted molar refractivity (Wildman–Crippen MR) is 135 cm³/mol. The molecule has 1 saturated heterocycles. The molecule has 1 N–H and O–H groups in total. The van der Waals surface area contributed by atoms with E-state index in [1.165, 1.54) is 24.3 Å². The average Bonchev–Trinajstić information content (AvgIpc) is 3.49. The fraction of sp³-hybridized carbons (Fsp3) is 0.269. The van der Waals surface area contributed by atoms with Crippen molar-refractivity contribution in [3.63, 3.8) is 0 Å². The number of nitriles is 1. The van der Waals surface area contributed by atoms with Crippen molar-refractivity contribution in [1.82, 2.24) is 4.31 Å². The lowest BCUT2D eigenvalue weighted by Gasteiger charge is -2.37. The number of carbonyl (C=O) groups excluding carboxylic acids is 3. The number of carbonyl (C=O) groups is 3. The highest BCUT2D eigenvalue weighted by Crippen LogP contribution is 2.56. The number of esters is 3. The van der Waals surface area contributed by atoms with Gasteiger partial charge in [0, 0.05) is 5.69 Å². The van der Waals surface area contributed by atoms with Crippen molar-refractivity contribution in [2.24, 2.45) is 4.99 Å². The molecule has 2 aromatic rings. The van der Waals surface area contributed by atoms with Crippen LogP contribution in [0.25, 0.3) is 0 Å². The monoisotopic (exact) mass is 550 g/mol. The lowest BCUT2D eigenvalue weighted by atomic mass is 9.70. The Hall–Kier alpha value is -4.70. The van der Waals surface area contributed by atoms with E-state index in [1.807, 2.05) is 6.07 Å². The highest BCUT2D eigenvalue weighted by atomic mass is 32.2. The molecule has 1 fully saturated rings. The minimum absolute atomic E-state index is 0.155. The van der Waals surface area contributed by atoms with E-state index < -0.39 is 51.1 Å². The van der Waals surface area contributed by atoms with E-state index in [0.717, 1.165) is 25.6 Å². The van der Waals surface area contributed by atoms with E-state index >= 15 is 0 Å². The van der Waals surface area contributed by atoms with Crippen LogP contribution in [0.3, 0.4) is 0 Å². The van der Waals surface area contributed by atoms with Gasteiger partial charge in [0.2, 0.25) is 0 Å². The second-order valence-corrected chi connectivity index (χ2v) is 10.8. The van der Waals surface area contributed by atoms with Gasteiger partial charge in [-0.1, -0.05) is 18.2 Å². The first-order valence-electron chi connectivity index (χ1n) is 11.6. The number of fused-ring (bicyclic) bond motifs is 1. The second-order valence-electron chi connectivity index (χ2n) is 8.96. The van der Waals surface area contributed by atoms with Gasteiger partial charge >= 0.3 is 17.9 Å². The molecule has 3 atom stereocenters. The van der Waals surface area contributed by atoms with Crippen molar-refractivity contribution in [3.8, 4) is 6.07 Å². The number of rotatable bonds is 5. The third-order valence-electron chi connectivity index (χ3n) is 7.17. The third-order valence-corrected chi connectivity index (χ3v) is 8.98. The second kappa shape index (κ2) is 9.25. The van der Waals surface area contributed by atoms with Crippen molar-refractivity contribution >= 4 is 39.5 Å². The summed E-state index contributed by atoms with van der Waals surface area (Å²) < 4.78 is 44.0. The molecular formula is C26H22N4O8S. The summed E-state index contributed by atoms with van der Waals surface area (Å²) in [6.07, 6.45) is -0.155. The number of methoxy groups -OCH3 is 3. The number of para-hydroxylation sites is 1. The molecule has 3 heterocycles. The molecule has 200 valence electrons. The van der Waals surface area contributed by atoms with Crippen molar-refractivity contribution in [3.05, 3.63) is 70.9 Å². The molecule has 2 aromatic carbocycles. The number of sulfonamides is 1. The molecule has 3 aliphatic heterocycles. The van der Waals surface area contributed by atoms with E-state index in [9.17, 15) is 22.8 Å². The van der Waals surface area contributed by atoms with Crippen LogP contribution in [0, 0.1) is 11.3 Å². The standard InChI is InChI=1S/C26H22N4O8S/c1-36-22(31)18-12-26-16-6-4-5-7-17(16)28-21(26)19(23(32)37-2)20(24(33)38-3)29-25(26)30(18)39(34,35)15-10-8-14(13-27)9-11-15/h4-11,18,21,28H,12H2,1-3H3/t18-,21-,26-/m0/s1. The molecule has 12 nitrogen and oxygen atoms in total. The average molecular weight is 551 g/mol. The molecule has 5 rings (SSSR count). The Morgan fingerprint density at radius 1 is 1.03 bits per heavy atom. The quantitative estimate of drug-likeness (QED) is 0.423. The molecule has 0 aromatic heterocycles. The SMILES string of the molecule is COC(=O)C1=C(C(=O)OC)[C@@H]2Nc3ccccc3[C@@]23C[C@@H](C(=O)OC)N(S(=O)(=O)c2ccc(C#N)cc2)C3=N1. The van der Waals surface area contributed by atoms with E-state index in [-0.39, 0.29) is 28.3 Å². The number of nitrogens with one attached hydrogen (secondary N) is 1. The first-order valence-corrected chi connectivity index (χ1v) is 13.1. The number of amidine groups is 1. The van der Waals surface area contributed by atoms with Crippen LogP contribution in [0.15, 0.2) is 69.7 Å². The summed E-state index contributed by atoms with van der Waals surface area (Å²) in [4.78, 5) is 43.3. The normalized spacial score (nSPS) is 22.9. The lowest BCUT2D eigenvalue weighted by molar-refractivity contribution is -0.144. The molecule has 39 heavy (non-hydrogen) atoms.